The summed E-state index contributed by atoms with van der Waals surface area (Å²) in [4.78, 5) is 25.2. The molecule has 1 atom stereocenters. The van der Waals surface area contributed by atoms with Crippen LogP contribution in [-0.4, -0.2) is 37.7 Å². The largest absolute Gasteiger partial charge is 0.409 e. The Morgan fingerprint density at radius 2 is 1.73 bits per heavy atom. The summed E-state index contributed by atoms with van der Waals surface area (Å²) >= 11 is 1.16. The van der Waals surface area contributed by atoms with Gasteiger partial charge in [-0.2, -0.15) is 5.10 Å². The fraction of sp³-hybridized carbons (Fsp3) is 0.292. The number of carbonyl (C=O) groups excluding carboxylic acids is 1. The molecule has 0 spiro atoms. The summed E-state index contributed by atoms with van der Waals surface area (Å²) in [6.07, 6.45) is 0. The molecule has 0 saturated heterocycles. The maximum absolute atomic E-state index is 13.0. The van der Waals surface area contributed by atoms with Crippen molar-refractivity contribution in [3.05, 3.63) is 70.5 Å². The lowest BCUT2D eigenvalue weighted by Crippen LogP contribution is -2.37. The maximum atomic E-state index is 13.0. The van der Waals surface area contributed by atoms with Gasteiger partial charge >= 0.3 is 0 Å². The van der Waals surface area contributed by atoms with Crippen molar-refractivity contribution >= 4 is 28.4 Å². The summed E-state index contributed by atoms with van der Waals surface area (Å²) in [7, 11) is 0. The molecule has 0 saturated carbocycles. The van der Waals surface area contributed by atoms with Gasteiger partial charge in [-0.05, 0) is 24.5 Å². The smallest absolute Gasteiger partial charge is 0.277 e. The predicted octanol–water partition coefficient (Wildman–Crippen LogP) is 3.75. The molecular weight excluding hydrogens is 438 g/mol. The monoisotopic (exact) mass is 463 g/mol. The van der Waals surface area contributed by atoms with Gasteiger partial charge in [0.1, 0.15) is 0 Å². The van der Waals surface area contributed by atoms with Crippen molar-refractivity contribution in [2.75, 3.05) is 5.75 Å². The topological polar surface area (TPSA) is 103 Å². The molecule has 2 heterocycles. The Hall–Kier alpha value is -3.46. The fourth-order valence-electron chi connectivity index (χ4n) is 3.21. The van der Waals surface area contributed by atoms with Crippen LogP contribution in [0, 0.1) is 5.92 Å². The van der Waals surface area contributed by atoms with Gasteiger partial charge in [-0.15, -0.1) is 10.2 Å². The summed E-state index contributed by atoms with van der Waals surface area (Å²) in [5, 5.41) is 17.1. The number of hydrogen-bond acceptors (Lipinski definition) is 7. The normalized spacial score (nSPS) is 12.2. The zero-order valence-electron chi connectivity index (χ0n) is 18.7. The summed E-state index contributed by atoms with van der Waals surface area (Å²) in [5.41, 5.74) is 1.19. The van der Waals surface area contributed by atoms with E-state index in [1.807, 2.05) is 55.5 Å². The van der Waals surface area contributed by atoms with E-state index in [1.165, 1.54) is 4.68 Å². The number of benzene rings is 2. The van der Waals surface area contributed by atoms with Gasteiger partial charge in [0.15, 0.2) is 5.69 Å². The van der Waals surface area contributed by atoms with Crippen molar-refractivity contribution in [1.82, 2.24) is 25.3 Å². The quantitative estimate of drug-likeness (QED) is 0.397. The van der Waals surface area contributed by atoms with Gasteiger partial charge in [0.05, 0.1) is 17.7 Å². The van der Waals surface area contributed by atoms with E-state index in [-0.39, 0.29) is 34.4 Å². The SMILES string of the molecule is CC(C)C(C)NC(=O)CSc1nnc(-c2nn(Cc3ccccc3)c(=O)c3ccccc23)o1. The number of hydrogen-bond donors (Lipinski definition) is 1. The predicted molar refractivity (Wildman–Crippen MR) is 128 cm³/mol. The maximum Gasteiger partial charge on any atom is 0.277 e. The highest BCUT2D eigenvalue weighted by molar-refractivity contribution is 7.99. The van der Waals surface area contributed by atoms with Crippen LogP contribution in [0.4, 0.5) is 0 Å². The van der Waals surface area contributed by atoms with E-state index in [0.29, 0.717) is 28.9 Å². The highest BCUT2D eigenvalue weighted by Gasteiger charge is 2.19. The Morgan fingerprint density at radius 1 is 1.03 bits per heavy atom. The van der Waals surface area contributed by atoms with Gasteiger partial charge in [-0.25, -0.2) is 4.68 Å². The van der Waals surface area contributed by atoms with Crippen molar-refractivity contribution in [3.8, 4) is 11.6 Å². The molecule has 9 heteroatoms. The van der Waals surface area contributed by atoms with Gasteiger partial charge in [-0.1, -0.05) is 74.1 Å². The van der Waals surface area contributed by atoms with E-state index in [0.717, 1.165) is 17.3 Å². The molecule has 8 nitrogen and oxygen atoms in total. The third-order valence-corrected chi connectivity index (χ3v) is 6.19. The van der Waals surface area contributed by atoms with Gasteiger partial charge in [0, 0.05) is 11.4 Å². The van der Waals surface area contributed by atoms with Crippen molar-refractivity contribution in [3.63, 3.8) is 0 Å². The summed E-state index contributed by atoms with van der Waals surface area (Å²) in [6.45, 7) is 6.40. The van der Waals surface area contributed by atoms with E-state index in [9.17, 15) is 9.59 Å². The molecule has 2 aromatic heterocycles. The first kappa shape index (κ1) is 22.7. The van der Waals surface area contributed by atoms with E-state index in [2.05, 4.69) is 34.5 Å². The van der Waals surface area contributed by atoms with Crippen LogP contribution < -0.4 is 10.9 Å². The Bertz CT molecular complexity index is 1320. The third-order valence-electron chi connectivity index (χ3n) is 5.37. The van der Waals surface area contributed by atoms with Crippen molar-refractivity contribution in [1.29, 1.82) is 0 Å². The average molecular weight is 464 g/mol. The second-order valence-corrected chi connectivity index (χ2v) is 9.03. The fourth-order valence-corrected chi connectivity index (χ4v) is 3.78. The molecule has 33 heavy (non-hydrogen) atoms. The molecular formula is C24H25N5O3S. The number of fused-ring (bicyclic) bond motifs is 1. The Kier molecular flexibility index (Phi) is 6.88. The Morgan fingerprint density at radius 3 is 2.45 bits per heavy atom. The van der Waals surface area contributed by atoms with Gasteiger partial charge in [-0.3, -0.25) is 9.59 Å². The second kappa shape index (κ2) is 9.99. The molecule has 1 N–H and O–H groups in total. The van der Waals surface area contributed by atoms with E-state index in [1.54, 1.807) is 6.07 Å². The number of aromatic nitrogens is 4. The van der Waals surface area contributed by atoms with Crippen LogP contribution >= 0.6 is 11.8 Å². The van der Waals surface area contributed by atoms with Crippen LogP contribution in [0.1, 0.15) is 26.3 Å². The number of nitrogens with zero attached hydrogens (tertiary/aromatic N) is 4. The van der Waals surface area contributed by atoms with Crippen molar-refractivity contribution in [2.24, 2.45) is 5.92 Å². The lowest BCUT2D eigenvalue weighted by atomic mass is 10.1. The lowest BCUT2D eigenvalue weighted by Gasteiger charge is -2.16. The highest BCUT2D eigenvalue weighted by atomic mass is 32.2. The Balaban J connectivity index is 1.61. The first-order valence-corrected chi connectivity index (χ1v) is 11.7. The number of carbonyl (C=O) groups is 1. The average Bonchev–Trinajstić information content (AvgIpc) is 3.29. The van der Waals surface area contributed by atoms with Gasteiger partial charge < -0.3 is 9.73 Å². The van der Waals surface area contributed by atoms with Crippen LogP contribution in [0.5, 0.6) is 0 Å². The first-order valence-electron chi connectivity index (χ1n) is 10.7. The van der Waals surface area contributed by atoms with Crippen LogP contribution in [0.25, 0.3) is 22.4 Å². The van der Waals surface area contributed by atoms with E-state index < -0.39 is 0 Å². The third kappa shape index (κ3) is 5.31. The molecule has 4 aromatic rings. The molecule has 2 aromatic carbocycles. The molecule has 0 fully saturated rings. The van der Waals surface area contributed by atoms with Crippen LogP contribution in [0.15, 0.2) is 69.0 Å². The molecule has 4 rings (SSSR count). The zero-order chi connectivity index (χ0) is 23.4. The minimum atomic E-state index is -0.191. The van der Waals surface area contributed by atoms with Gasteiger partial charge in [0.25, 0.3) is 16.7 Å². The summed E-state index contributed by atoms with van der Waals surface area (Å²) in [6, 6.07) is 16.9. The summed E-state index contributed by atoms with van der Waals surface area (Å²) < 4.78 is 7.22. The molecule has 1 amide bonds. The molecule has 0 aliphatic heterocycles. The molecule has 0 radical (unpaired) electrons. The molecule has 0 bridgehead atoms. The number of nitrogens with one attached hydrogen (secondary N) is 1. The van der Waals surface area contributed by atoms with Crippen LogP contribution in [-0.2, 0) is 11.3 Å². The number of amides is 1. The summed E-state index contributed by atoms with van der Waals surface area (Å²) in [5.74, 6) is 0.618. The van der Waals surface area contributed by atoms with Gasteiger partial charge in [0.2, 0.25) is 5.91 Å². The minimum Gasteiger partial charge on any atom is -0.409 e. The Labute approximate surface area is 195 Å². The molecule has 0 aliphatic rings. The van der Waals surface area contributed by atoms with Crippen LogP contribution in [0.2, 0.25) is 0 Å². The molecule has 170 valence electrons. The standard InChI is InChI=1S/C24H25N5O3S/c1-15(2)16(3)25-20(30)14-33-24-27-26-22(32-24)21-18-11-7-8-12-19(18)23(31)29(28-21)13-17-9-5-4-6-10-17/h4-12,15-16H,13-14H2,1-3H3,(H,25,30). The molecule has 1 unspecified atom stereocenters. The van der Waals surface area contributed by atoms with E-state index in [4.69, 9.17) is 4.42 Å². The lowest BCUT2D eigenvalue weighted by molar-refractivity contribution is -0.119. The van der Waals surface area contributed by atoms with Crippen LogP contribution in [0.3, 0.4) is 0 Å². The van der Waals surface area contributed by atoms with Crippen molar-refractivity contribution in [2.45, 2.75) is 38.6 Å². The number of rotatable bonds is 8. The zero-order valence-corrected chi connectivity index (χ0v) is 19.5. The number of thioether (sulfide) groups is 1. The molecule has 0 aliphatic carbocycles. The highest BCUT2D eigenvalue weighted by Crippen LogP contribution is 2.26. The second-order valence-electron chi connectivity index (χ2n) is 8.10. The first-order chi connectivity index (χ1) is 15.9. The van der Waals surface area contributed by atoms with Crippen molar-refractivity contribution < 1.29 is 9.21 Å². The minimum absolute atomic E-state index is 0.0811. The van der Waals surface area contributed by atoms with E-state index >= 15 is 0 Å².